The Labute approximate surface area is 149 Å². The molecule has 0 radical (unpaired) electrons. The van der Waals surface area contributed by atoms with Crippen LogP contribution in [0, 0.1) is 6.92 Å². The van der Waals surface area contributed by atoms with Crippen molar-refractivity contribution in [1.29, 1.82) is 0 Å². The van der Waals surface area contributed by atoms with E-state index in [9.17, 15) is 9.59 Å². The zero-order valence-electron chi connectivity index (χ0n) is 13.9. The first kappa shape index (κ1) is 17.4. The molecule has 2 heterocycles. The first-order chi connectivity index (χ1) is 12.1. The van der Waals surface area contributed by atoms with E-state index in [2.05, 4.69) is 0 Å². The van der Waals surface area contributed by atoms with Crippen LogP contribution in [0.3, 0.4) is 0 Å². The number of hydrogen-bond acceptors (Lipinski definition) is 5. The molecule has 0 aliphatic carbocycles. The van der Waals surface area contributed by atoms with E-state index < -0.39 is 12.6 Å². The normalized spacial score (nSPS) is 14.4. The highest BCUT2D eigenvalue weighted by Gasteiger charge is 2.27. The number of carbonyl (C=O) groups excluding carboxylic acids is 1. The van der Waals surface area contributed by atoms with Crippen molar-refractivity contribution in [2.24, 2.45) is 0 Å². The average molecular weight is 361 g/mol. The van der Waals surface area contributed by atoms with Gasteiger partial charge in [0.05, 0.1) is 13.2 Å². The van der Waals surface area contributed by atoms with Crippen molar-refractivity contribution >= 4 is 23.2 Å². The average Bonchev–Trinajstić information content (AvgIpc) is 2.97. The largest absolute Gasteiger partial charge is 0.480 e. The molecule has 1 aromatic heterocycles. The number of nitrogens with zero attached hydrogens (tertiary/aromatic N) is 1. The lowest BCUT2D eigenvalue weighted by Crippen LogP contribution is -2.40. The van der Waals surface area contributed by atoms with Gasteiger partial charge in [0.15, 0.2) is 6.61 Å². The van der Waals surface area contributed by atoms with Gasteiger partial charge < -0.3 is 19.5 Å². The molecule has 132 valence electrons. The monoisotopic (exact) mass is 361 g/mol. The fourth-order valence-corrected chi connectivity index (χ4v) is 3.95. The van der Waals surface area contributed by atoms with Crippen LogP contribution in [-0.2, 0) is 9.53 Å². The number of morpholine rings is 1. The zero-order chi connectivity index (χ0) is 17.8. The van der Waals surface area contributed by atoms with Crippen molar-refractivity contribution < 1.29 is 24.2 Å². The van der Waals surface area contributed by atoms with Gasteiger partial charge in [-0.2, -0.15) is 0 Å². The quantitative estimate of drug-likeness (QED) is 0.886. The summed E-state index contributed by atoms with van der Waals surface area (Å²) in [7, 11) is 0. The standard InChI is InChI=1S/C18H19NO5S/c1-12-15(24-11-14(20)21)17(18(22)19-7-9-23-10-8-19)25-16(12)13-5-3-2-4-6-13/h2-6H,7-11H2,1H3,(H,20,21). The van der Waals surface area contributed by atoms with Crippen molar-refractivity contribution in [1.82, 2.24) is 4.90 Å². The Bertz CT molecular complexity index is 765. The van der Waals surface area contributed by atoms with E-state index in [-0.39, 0.29) is 5.91 Å². The van der Waals surface area contributed by atoms with Gasteiger partial charge in [0, 0.05) is 23.5 Å². The first-order valence-corrected chi connectivity index (χ1v) is 8.80. The SMILES string of the molecule is Cc1c(-c2ccccc2)sc(C(=O)N2CCOCC2)c1OCC(=O)O. The summed E-state index contributed by atoms with van der Waals surface area (Å²) in [6.07, 6.45) is 0. The van der Waals surface area contributed by atoms with E-state index in [1.54, 1.807) is 4.90 Å². The van der Waals surface area contributed by atoms with Gasteiger partial charge in [0.1, 0.15) is 10.6 Å². The second-order valence-corrected chi connectivity index (χ2v) is 6.69. The molecule has 1 fully saturated rings. The van der Waals surface area contributed by atoms with E-state index in [1.807, 2.05) is 37.3 Å². The smallest absolute Gasteiger partial charge is 0.341 e. The Balaban J connectivity index is 1.99. The van der Waals surface area contributed by atoms with Gasteiger partial charge in [0.2, 0.25) is 0 Å². The highest BCUT2D eigenvalue weighted by Crippen LogP contribution is 2.42. The van der Waals surface area contributed by atoms with Gasteiger partial charge in [-0.1, -0.05) is 30.3 Å². The molecule has 0 spiro atoms. The molecule has 1 aliphatic rings. The zero-order valence-corrected chi connectivity index (χ0v) is 14.7. The van der Waals surface area contributed by atoms with Crippen LogP contribution in [0.15, 0.2) is 30.3 Å². The van der Waals surface area contributed by atoms with E-state index in [0.717, 1.165) is 16.0 Å². The molecule has 0 saturated carbocycles. The number of carboxylic acid groups (broad SMARTS) is 1. The minimum absolute atomic E-state index is 0.140. The summed E-state index contributed by atoms with van der Waals surface area (Å²) in [4.78, 5) is 26.9. The lowest BCUT2D eigenvalue weighted by molar-refractivity contribution is -0.139. The van der Waals surface area contributed by atoms with Gasteiger partial charge in [-0.25, -0.2) is 4.79 Å². The molecule has 1 aliphatic heterocycles. The summed E-state index contributed by atoms with van der Waals surface area (Å²) in [5, 5.41) is 8.93. The minimum Gasteiger partial charge on any atom is -0.480 e. The Morgan fingerprint density at radius 2 is 1.92 bits per heavy atom. The van der Waals surface area contributed by atoms with Crippen LogP contribution in [0.4, 0.5) is 0 Å². The van der Waals surface area contributed by atoms with E-state index in [4.69, 9.17) is 14.6 Å². The summed E-state index contributed by atoms with van der Waals surface area (Å²) in [6.45, 7) is 3.44. The van der Waals surface area contributed by atoms with Crippen molar-refractivity contribution in [2.75, 3.05) is 32.9 Å². The number of aliphatic carboxylic acids is 1. The second kappa shape index (κ2) is 7.67. The predicted octanol–water partition coefficient (Wildman–Crippen LogP) is 2.66. The number of carboxylic acids is 1. The highest BCUT2D eigenvalue weighted by atomic mass is 32.1. The molecule has 0 bridgehead atoms. The summed E-state index contributed by atoms with van der Waals surface area (Å²) in [5.74, 6) is -0.849. The molecule has 25 heavy (non-hydrogen) atoms. The molecule has 3 rings (SSSR count). The third-order valence-electron chi connectivity index (χ3n) is 3.96. The van der Waals surface area contributed by atoms with Crippen molar-refractivity contribution in [3.05, 3.63) is 40.8 Å². The molecule has 0 unspecified atom stereocenters. The Hall–Kier alpha value is -2.38. The molecule has 1 saturated heterocycles. The van der Waals surface area contributed by atoms with Crippen LogP contribution in [0.25, 0.3) is 10.4 Å². The maximum atomic E-state index is 12.9. The fraction of sp³-hybridized carbons (Fsp3) is 0.333. The number of carbonyl (C=O) groups is 2. The maximum absolute atomic E-state index is 12.9. The molecule has 1 aromatic carbocycles. The highest BCUT2D eigenvalue weighted by molar-refractivity contribution is 7.18. The van der Waals surface area contributed by atoms with E-state index >= 15 is 0 Å². The lowest BCUT2D eigenvalue weighted by atomic mass is 10.1. The third kappa shape index (κ3) is 3.83. The summed E-state index contributed by atoms with van der Waals surface area (Å²) in [5.41, 5.74) is 1.76. The Morgan fingerprint density at radius 3 is 2.56 bits per heavy atom. The van der Waals surface area contributed by atoms with Crippen molar-refractivity contribution in [2.45, 2.75) is 6.92 Å². The van der Waals surface area contributed by atoms with Crippen LogP contribution in [0.1, 0.15) is 15.2 Å². The van der Waals surface area contributed by atoms with Crippen LogP contribution < -0.4 is 4.74 Å². The Kier molecular flexibility index (Phi) is 5.35. The molecule has 2 aromatic rings. The Morgan fingerprint density at radius 1 is 1.24 bits per heavy atom. The molecule has 1 N–H and O–H groups in total. The van der Waals surface area contributed by atoms with Crippen LogP contribution in [0.5, 0.6) is 5.75 Å². The molecular formula is C18H19NO5S. The second-order valence-electron chi connectivity index (χ2n) is 5.67. The predicted molar refractivity (Wildman–Crippen MR) is 94.3 cm³/mol. The third-order valence-corrected chi connectivity index (χ3v) is 5.27. The van der Waals surface area contributed by atoms with E-state index in [0.29, 0.717) is 36.9 Å². The lowest BCUT2D eigenvalue weighted by Gasteiger charge is -2.26. The molecule has 1 amide bonds. The molecule has 7 heteroatoms. The van der Waals surface area contributed by atoms with Gasteiger partial charge in [-0.3, -0.25) is 4.79 Å². The molecule has 0 atom stereocenters. The van der Waals surface area contributed by atoms with Gasteiger partial charge in [-0.05, 0) is 12.5 Å². The first-order valence-electron chi connectivity index (χ1n) is 7.98. The van der Waals surface area contributed by atoms with Gasteiger partial charge in [-0.15, -0.1) is 11.3 Å². The van der Waals surface area contributed by atoms with Gasteiger partial charge >= 0.3 is 5.97 Å². The number of benzene rings is 1. The molecular weight excluding hydrogens is 342 g/mol. The summed E-state index contributed by atoms with van der Waals surface area (Å²) >= 11 is 1.34. The number of rotatable bonds is 5. The van der Waals surface area contributed by atoms with Crippen LogP contribution in [0.2, 0.25) is 0 Å². The summed E-state index contributed by atoms with van der Waals surface area (Å²) < 4.78 is 10.8. The maximum Gasteiger partial charge on any atom is 0.341 e. The topological polar surface area (TPSA) is 76.1 Å². The van der Waals surface area contributed by atoms with Crippen LogP contribution in [-0.4, -0.2) is 54.8 Å². The number of hydrogen-bond donors (Lipinski definition) is 1. The number of thiophene rings is 1. The number of amides is 1. The summed E-state index contributed by atoms with van der Waals surface area (Å²) in [6, 6.07) is 9.70. The van der Waals surface area contributed by atoms with Crippen molar-refractivity contribution in [3.8, 4) is 16.2 Å². The molecule has 6 nitrogen and oxygen atoms in total. The minimum atomic E-state index is -1.07. The number of ether oxygens (including phenoxy) is 2. The van der Waals surface area contributed by atoms with Crippen molar-refractivity contribution in [3.63, 3.8) is 0 Å². The fourth-order valence-electron chi connectivity index (χ4n) is 2.72. The van der Waals surface area contributed by atoms with Gasteiger partial charge in [0.25, 0.3) is 5.91 Å². The van der Waals surface area contributed by atoms with Crippen LogP contribution >= 0.6 is 11.3 Å². The van der Waals surface area contributed by atoms with E-state index in [1.165, 1.54) is 11.3 Å².